The lowest BCUT2D eigenvalue weighted by atomic mass is 10.1. The molecule has 1 aromatic rings. The van der Waals surface area contributed by atoms with E-state index in [-0.39, 0.29) is 23.8 Å². The minimum absolute atomic E-state index is 0.0137. The van der Waals surface area contributed by atoms with E-state index in [9.17, 15) is 9.59 Å². The Bertz CT molecular complexity index is 515. The molecule has 126 valence electrons. The van der Waals surface area contributed by atoms with Gasteiger partial charge in [-0.15, -0.1) is 0 Å². The molecule has 0 aromatic heterocycles. The van der Waals surface area contributed by atoms with Crippen LogP contribution in [0.3, 0.4) is 0 Å². The largest absolute Gasteiger partial charge is 0.353 e. The van der Waals surface area contributed by atoms with Crippen LogP contribution in [0.2, 0.25) is 0 Å². The number of hydrogen-bond acceptors (Lipinski definition) is 2. The maximum atomic E-state index is 12.4. The Morgan fingerprint density at radius 3 is 2.70 bits per heavy atom. The summed E-state index contributed by atoms with van der Waals surface area (Å²) in [6.45, 7) is 4.73. The van der Waals surface area contributed by atoms with Gasteiger partial charge in [-0.25, -0.2) is 0 Å². The fraction of sp³-hybridized carbons (Fsp3) is 0.579. The molecule has 2 amide bonds. The molecule has 0 saturated carbocycles. The molecular formula is C19H28N2O2. The van der Waals surface area contributed by atoms with Crippen LogP contribution >= 0.6 is 0 Å². The Hall–Kier alpha value is -1.84. The fourth-order valence-electron chi connectivity index (χ4n) is 3.05. The van der Waals surface area contributed by atoms with Gasteiger partial charge in [-0.1, -0.05) is 50.8 Å². The van der Waals surface area contributed by atoms with E-state index in [0.29, 0.717) is 13.0 Å². The zero-order valence-corrected chi connectivity index (χ0v) is 14.3. The van der Waals surface area contributed by atoms with Crippen molar-refractivity contribution < 1.29 is 9.59 Å². The minimum atomic E-state index is -0.235. The lowest BCUT2D eigenvalue weighted by molar-refractivity contribution is -0.126. The number of rotatable bonds is 8. The van der Waals surface area contributed by atoms with E-state index in [0.717, 1.165) is 18.5 Å². The Kier molecular flexibility index (Phi) is 6.63. The van der Waals surface area contributed by atoms with Gasteiger partial charge in [0, 0.05) is 24.7 Å². The SMILES string of the molecule is CCCCCC[C@@H](C)NC(=O)[C@@H]1CC(=O)N(c2ccccc2)C1. The monoisotopic (exact) mass is 316 g/mol. The van der Waals surface area contributed by atoms with Crippen molar-refractivity contribution >= 4 is 17.5 Å². The summed E-state index contributed by atoms with van der Waals surface area (Å²) in [6, 6.07) is 9.75. The van der Waals surface area contributed by atoms with Crippen LogP contribution in [0.1, 0.15) is 52.4 Å². The second-order valence-corrected chi connectivity index (χ2v) is 6.50. The lowest BCUT2D eigenvalue weighted by Gasteiger charge is -2.18. The van der Waals surface area contributed by atoms with Gasteiger partial charge < -0.3 is 10.2 Å². The summed E-state index contributed by atoms with van der Waals surface area (Å²) in [5, 5.41) is 3.07. The molecule has 1 fully saturated rings. The summed E-state index contributed by atoms with van der Waals surface area (Å²) in [4.78, 5) is 26.3. The quantitative estimate of drug-likeness (QED) is 0.746. The standard InChI is InChI=1S/C19H28N2O2/c1-3-4-5-7-10-15(2)20-19(23)16-13-18(22)21(14-16)17-11-8-6-9-12-17/h6,8-9,11-12,15-16H,3-5,7,10,13-14H2,1-2H3,(H,20,23)/t15-,16-/m1/s1. The highest BCUT2D eigenvalue weighted by molar-refractivity contribution is 6.00. The molecule has 1 aromatic carbocycles. The van der Waals surface area contributed by atoms with Crippen LogP contribution in [-0.2, 0) is 9.59 Å². The molecule has 1 aliphatic rings. The molecule has 0 bridgehead atoms. The molecule has 0 aliphatic carbocycles. The van der Waals surface area contributed by atoms with Crippen molar-refractivity contribution in [1.82, 2.24) is 5.32 Å². The number of para-hydroxylation sites is 1. The highest BCUT2D eigenvalue weighted by atomic mass is 16.2. The van der Waals surface area contributed by atoms with Crippen LogP contribution in [0.5, 0.6) is 0 Å². The molecule has 1 aliphatic heterocycles. The van der Waals surface area contributed by atoms with Crippen LogP contribution in [0.15, 0.2) is 30.3 Å². The summed E-state index contributed by atoms with van der Waals surface area (Å²) >= 11 is 0. The van der Waals surface area contributed by atoms with E-state index in [2.05, 4.69) is 19.2 Å². The van der Waals surface area contributed by atoms with Crippen LogP contribution in [0.25, 0.3) is 0 Å². The summed E-state index contributed by atoms with van der Waals surface area (Å²) in [6.07, 6.45) is 6.16. The van der Waals surface area contributed by atoms with Gasteiger partial charge in [0.15, 0.2) is 0 Å². The van der Waals surface area contributed by atoms with Crippen molar-refractivity contribution in [3.05, 3.63) is 30.3 Å². The van der Waals surface area contributed by atoms with Crippen molar-refractivity contribution in [3.8, 4) is 0 Å². The van der Waals surface area contributed by atoms with Gasteiger partial charge in [0.1, 0.15) is 0 Å². The topological polar surface area (TPSA) is 49.4 Å². The third kappa shape index (κ3) is 5.08. The number of hydrogen-bond donors (Lipinski definition) is 1. The zero-order chi connectivity index (χ0) is 16.7. The number of anilines is 1. The highest BCUT2D eigenvalue weighted by Gasteiger charge is 2.35. The average Bonchev–Trinajstić information content (AvgIpc) is 2.94. The molecule has 0 radical (unpaired) electrons. The number of unbranched alkanes of at least 4 members (excludes halogenated alkanes) is 3. The molecule has 1 saturated heterocycles. The van der Waals surface area contributed by atoms with E-state index in [1.165, 1.54) is 19.3 Å². The van der Waals surface area contributed by atoms with E-state index in [1.54, 1.807) is 4.90 Å². The second kappa shape index (κ2) is 8.70. The van der Waals surface area contributed by atoms with Crippen molar-refractivity contribution in [3.63, 3.8) is 0 Å². The normalized spacial score (nSPS) is 19.0. The predicted molar refractivity (Wildman–Crippen MR) is 93.3 cm³/mol. The van der Waals surface area contributed by atoms with Crippen molar-refractivity contribution in [2.45, 2.75) is 58.4 Å². The Labute approximate surface area is 139 Å². The van der Waals surface area contributed by atoms with E-state index in [1.807, 2.05) is 30.3 Å². The smallest absolute Gasteiger partial charge is 0.227 e. The second-order valence-electron chi connectivity index (χ2n) is 6.50. The minimum Gasteiger partial charge on any atom is -0.353 e. The first-order valence-electron chi connectivity index (χ1n) is 8.77. The fourth-order valence-corrected chi connectivity index (χ4v) is 3.05. The first-order valence-corrected chi connectivity index (χ1v) is 8.77. The number of carbonyl (C=O) groups is 2. The molecule has 23 heavy (non-hydrogen) atoms. The van der Waals surface area contributed by atoms with Gasteiger partial charge in [-0.05, 0) is 25.5 Å². The molecule has 1 heterocycles. The zero-order valence-electron chi connectivity index (χ0n) is 14.3. The number of nitrogens with zero attached hydrogens (tertiary/aromatic N) is 1. The number of benzene rings is 1. The first kappa shape index (κ1) is 17.5. The molecule has 2 rings (SSSR count). The molecule has 0 spiro atoms. The molecule has 4 nitrogen and oxygen atoms in total. The summed E-state index contributed by atoms with van der Waals surface area (Å²) in [7, 11) is 0. The van der Waals surface area contributed by atoms with Gasteiger partial charge in [0.2, 0.25) is 11.8 Å². The molecule has 1 N–H and O–H groups in total. The molecule has 0 unspecified atom stereocenters. The van der Waals surface area contributed by atoms with E-state index in [4.69, 9.17) is 0 Å². The van der Waals surface area contributed by atoms with Gasteiger partial charge in [-0.3, -0.25) is 9.59 Å². The van der Waals surface area contributed by atoms with Crippen molar-refractivity contribution in [1.29, 1.82) is 0 Å². The van der Waals surface area contributed by atoms with Gasteiger partial charge in [0.25, 0.3) is 0 Å². The third-order valence-electron chi connectivity index (χ3n) is 4.44. The average molecular weight is 316 g/mol. The first-order chi connectivity index (χ1) is 11.1. The molecule has 4 heteroatoms. The van der Waals surface area contributed by atoms with Gasteiger partial charge in [-0.2, -0.15) is 0 Å². The van der Waals surface area contributed by atoms with Crippen LogP contribution in [0, 0.1) is 5.92 Å². The Morgan fingerprint density at radius 2 is 2.00 bits per heavy atom. The Morgan fingerprint density at radius 1 is 1.26 bits per heavy atom. The molecular weight excluding hydrogens is 288 g/mol. The van der Waals surface area contributed by atoms with Gasteiger partial charge in [0.05, 0.1) is 5.92 Å². The summed E-state index contributed by atoms with van der Waals surface area (Å²) in [5.74, 6) is -0.187. The van der Waals surface area contributed by atoms with Crippen LogP contribution < -0.4 is 10.2 Å². The Balaban J connectivity index is 1.81. The lowest BCUT2D eigenvalue weighted by Crippen LogP contribution is -2.38. The number of carbonyl (C=O) groups excluding carboxylic acids is 2. The molecule has 2 atom stereocenters. The highest BCUT2D eigenvalue weighted by Crippen LogP contribution is 2.25. The number of amides is 2. The van der Waals surface area contributed by atoms with Crippen molar-refractivity contribution in [2.24, 2.45) is 5.92 Å². The van der Waals surface area contributed by atoms with Crippen LogP contribution in [-0.4, -0.2) is 24.4 Å². The predicted octanol–water partition coefficient (Wildman–Crippen LogP) is 3.51. The maximum absolute atomic E-state index is 12.4. The van der Waals surface area contributed by atoms with Crippen LogP contribution in [0.4, 0.5) is 5.69 Å². The van der Waals surface area contributed by atoms with E-state index >= 15 is 0 Å². The van der Waals surface area contributed by atoms with E-state index < -0.39 is 0 Å². The summed E-state index contributed by atoms with van der Waals surface area (Å²) < 4.78 is 0. The van der Waals surface area contributed by atoms with Gasteiger partial charge >= 0.3 is 0 Å². The number of nitrogens with one attached hydrogen (secondary N) is 1. The third-order valence-corrected chi connectivity index (χ3v) is 4.44. The summed E-state index contributed by atoms with van der Waals surface area (Å²) in [5.41, 5.74) is 0.875. The maximum Gasteiger partial charge on any atom is 0.227 e. The van der Waals surface area contributed by atoms with Crippen molar-refractivity contribution in [2.75, 3.05) is 11.4 Å².